The maximum Gasteiger partial charge on any atom is 0.330 e. The van der Waals surface area contributed by atoms with Gasteiger partial charge in [0, 0.05) is 11.7 Å². The molecule has 19 heavy (non-hydrogen) atoms. The number of hydrogen-bond donors (Lipinski definition) is 2. The van der Waals surface area contributed by atoms with Crippen LogP contribution < -0.4 is 5.32 Å². The number of carbonyl (C=O) groups is 2. The van der Waals surface area contributed by atoms with Gasteiger partial charge in [0.05, 0.1) is 6.61 Å². The molecule has 0 aromatic carbocycles. The molecule has 0 aliphatic carbocycles. The van der Waals surface area contributed by atoms with Crippen LogP contribution in [0.25, 0.3) is 0 Å². The highest BCUT2D eigenvalue weighted by Gasteiger charge is 2.43. The second kappa shape index (κ2) is 7.97. The quantitative estimate of drug-likeness (QED) is 0.597. The van der Waals surface area contributed by atoms with Crippen molar-refractivity contribution in [3.63, 3.8) is 0 Å². The molecule has 1 aliphatic rings. The molecule has 1 unspecified atom stereocenters. The van der Waals surface area contributed by atoms with Crippen molar-refractivity contribution in [3.05, 3.63) is 0 Å². The molecule has 1 heterocycles. The molecule has 112 valence electrons. The minimum atomic E-state index is -0.674. The average molecular weight is 311 g/mol. The van der Waals surface area contributed by atoms with Crippen molar-refractivity contribution in [2.75, 3.05) is 26.7 Å². The second-order valence-electron chi connectivity index (χ2n) is 4.79. The molecule has 1 atom stereocenters. The van der Waals surface area contributed by atoms with Gasteiger partial charge in [-0.2, -0.15) is 12.6 Å². The predicted molar refractivity (Wildman–Crippen MR) is 79.9 cm³/mol. The first-order valence-corrected chi connectivity index (χ1v) is 6.68. The van der Waals surface area contributed by atoms with Crippen molar-refractivity contribution in [2.45, 2.75) is 37.5 Å². The monoisotopic (exact) mass is 310 g/mol. The molecule has 1 aliphatic heterocycles. The molecule has 0 bridgehead atoms. The molecule has 5 nitrogen and oxygen atoms in total. The lowest BCUT2D eigenvalue weighted by Crippen LogP contribution is -2.58. The molecule has 0 spiro atoms. The zero-order valence-corrected chi connectivity index (χ0v) is 13.4. The zero-order chi connectivity index (χ0) is 13.8. The number of ether oxygens (including phenoxy) is 1. The van der Waals surface area contributed by atoms with E-state index >= 15 is 0 Å². The zero-order valence-electron chi connectivity index (χ0n) is 11.6. The summed E-state index contributed by atoms with van der Waals surface area (Å²) in [6.07, 6.45) is 1.49. The van der Waals surface area contributed by atoms with Crippen LogP contribution >= 0.6 is 25.0 Å². The first kappa shape index (κ1) is 18.5. The lowest BCUT2D eigenvalue weighted by molar-refractivity contribution is -0.148. The number of likely N-dealkylation sites (tertiary alicyclic amines) is 1. The van der Waals surface area contributed by atoms with Gasteiger partial charge in [-0.1, -0.05) is 0 Å². The Kier molecular flexibility index (Phi) is 7.78. The fraction of sp³-hybridized carbons (Fsp3) is 0.833. The Balaban J connectivity index is 0.00000324. The van der Waals surface area contributed by atoms with Crippen molar-refractivity contribution in [1.29, 1.82) is 0 Å². The standard InChI is InChI=1S/C12H22N2O3S.ClH/c1-4-17-11(16)10(13-9(2)15)12(18)5-7-14(3)8-6-12;/h10,18H,4-8H2,1-3H3,(H,13,15);1H. The number of rotatable bonds is 4. The number of hydrogen-bond acceptors (Lipinski definition) is 5. The van der Waals surface area contributed by atoms with E-state index in [2.05, 4.69) is 22.8 Å². The number of halogens is 1. The van der Waals surface area contributed by atoms with Crippen molar-refractivity contribution < 1.29 is 14.3 Å². The third kappa shape index (κ3) is 5.20. The fourth-order valence-electron chi connectivity index (χ4n) is 2.14. The van der Waals surface area contributed by atoms with E-state index < -0.39 is 16.8 Å². The van der Waals surface area contributed by atoms with Gasteiger partial charge in [-0.15, -0.1) is 12.4 Å². The van der Waals surface area contributed by atoms with Gasteiger partial charge < -0.3 is 15.0 Å². The lowest BCUT2D eigenvalue weighted by Gasteiger charge is -2.41. The minimum absolute atomic E-state index is 0. The van der Waals surface area contributed by atoms with Crippen molar-refractivity contribution in [2.24, 2.45) is 0 Å². The maximum atomic E-state index is 12.0. The van der Waals surface area contributed by atoms with E-state index in [9.17, 15) is 9.59 Å². The highest BCUT2D eigenvalue weighted by Crippen LogP contribution is 2.32. The molecule has 1 rings (SSSR count). The molecule has 7 heteroatoms. The SMILES string of the molecule is CCOC(=O)C(NC(C)=O)C1(S)CCN(C)CC1.Cl. The third-order valence-electron chi connectivity index (χ3n) is 3.26. The van der Waals surface area contributed by atoms with E-state index in [4.69, 9.17) is 4.74 Å². The van der Waals surface area contributed by atoms with E-state index in [1.165, 1.54) is 6.92 Å². The first-order valence-electron chi connectivity index (χ1n) is 6.23. The summed E-state index contributed by atoms with van der Waals surface area (Å²) in [7, 11) is 2.03. The lowest BCUT2D eigenvalue weighted by atomic mass is 9.88. The number of thiol groups is 1. The van der Waals surface area contributed by atoms with Gasteiger partial charge in [0.25, 0.3) is 0 Å². The van der Waals surface area contributed by atoms with E-state index in [1.807, 2.05) is 7.05 Å². The Morgan fingerprint density at radius 3 is 2.37 bits per heavy atom. The topological polar surface area (TPSA) is 58.6 Å². The number of nitrogens with one attached hydrogen (secondary N) is 1. The molecule has 1 N–H and O–H groups in total. The molecule has 0 saturated carbocycles. The smallest absolute Gasteiger partial charge is 0.330 e. The third-order valence-corrected chi connectivity index (χ3v) is 3.97. The van der Waals surface area contributed by atoms with Crippen LogP contribution in [0.4, 0.5) is 0 Å². The van der Waals surface area contributed by atoms with Crippen LogP contribution in [-0.2, 0) is 14.3 Å². The highest BCUT2D eigenvalue weighted by molar-refractivity contribution is 7.82. The van der Waals surface area contributed by atoms with Crippen molar-refractivity contribution >= 4 is 36.9 Å². The Labute approximate surface area is 126 Å². The van der Waals surface area contributed by atoms with Gasteiger partial charge in [-0.05, 0) is 39.9 Å². The Hall–Kier alpha value is -0.460. The molecule has 0 radical (unpaired) electrons. The Bertz CT molecular complexity index is 320. The molecule has 1 amide bonds. The number of piperidine rings is 1. The van der Waals surface area contributed by atoms with Crippen LogP contribution in [0.1, 0.15) is 26.7 Å². The summed E-state index contributed by atoms with van der Waals surface area (Å²) >= 11 is 4.65. The van der Waals surface area contributed by atoms with Crippen LogP contribution in [0.3, 0.4) is 0 Å². The summed E-state index contributed by atoms with van der Waals surface area (Å²) in [6, 6.07) is -0.674. The van der Waals surface area contributed by atoms with Gasteiger partial charge in [-0.25, -0.2) is 4.79 Å². The Morgan fingerprint density at radius 2 is 1.95 bits per heavy atom. The van der Waals surface area contributed by atoms with E-state index in [0.29, 0.717) is 6.61 Å². The van der Waals surface area contributed by atoms with Gasteiger partial charge >= 0.3 is 5.97 Å². The Morgan fingerprint density at radius 1 is 1.42 bits per heavy atom. The molecule has 1 fully saturated rings. The molecule has 0 aromatic rings. The fourth-order valence-corrected chi connectivity index (χ4v) is 2.51. The molecular formula is C12H23ClN2O3S. The molecule has 1 saturated heterocycles. The van der Waals surface area contributed by atoms with Gasteiger partial charge in [0.2, 0.25) is 5.91 Å². The first-order chi connectivity index (χ1) is 8.39. The van der Waals surface area contributed by atoms with Crippen molar-refractivity contribution in [1.82, 2.24) is 10.2 Å². The summed E-state index contributed by atoms with van der Waals surface area (Å²) in [6.45, 7) is 5.18. The van der Waals surface area contributed by atoms with Crippen LogP contribution in [0.15, 0.2) is 0 Å². The number of esters is 1. The second-order valence-corrected chi connectivity index (χ2v) is 5.68. The summed E-state index contributed by atoms with van der Waals surface area (Å²) in [5.74, 6) is -0.632. The average Bonchev–Trinajstić information content (AvgIpc) is 2.30. The molecular weight excluding hydrogens is 288 g/mol. The van der Waals surface area contributed by atoms with Crippen molar-refractivity contribution in [3.8, 4) is 0 Å². The molecule has 0 aromatic heterocycles. The minimum Gasteiger partial charge on any atom is -0.464 e. The van der Waals surface area contributed by atoms with E-state index in [0.717, 1.165) is 25.9 Å². The van der Waals surface area contributed by atoms with Gasteiger partial charge in [0.1, 0.15) is 6.04 Å². The maximum absolute atomic E-state index is 12.0. The normalized spacial score (nSPS) is 20.0. The predicted octanol–water partition coefficient (Wildman–Crippen LogP) is 0.870. The summed E-state index contributed by atoms with van der Waals surface area (Å²) in [5, 5.41) is 2.68. The van der Waals surface area contributed by atoms with Gasteiger partial charge in [-0.3, -0.25) is 4.79 Å². The largest absolute Gasteiger partial charge is 0.464 e. The van der Waals surface area contributed by atoms with Crippen LogP contribution in [0.5, 0.6) is 0 Å². The van der Waals surface area contributed by atoms with Crippen LogP contribution in [-0.4, -0.2) is 54.3 Å². The van der Waals surface area contributed by atoms with Crippen LogP contribution in [0.2, 0.25) is 0 Å². The van der Waals surface area contributed by atoms with Crippen LogP contribution in [0, 0.1) is 0 Å². The summed E-state index contributed by atoms with van der Waals surface area (Å²) in [5.41, 5.74) is 0. The summed E-state index contributed by atoms with van der Waals surface area (Å²) in [4.78, 5) is 25.4. The summed E-state index contributed by atoms with van der Waals surface area (Å²) < 4.78 is 4.51. The van der Waals surface area contributed by atoms with Gasteiger partial charge in [0.15, 0.2) is 0 Å². The number of nitrogens with zero attached hydrogens (tertiary/aromatic N) is 1. The van der Waals surface area contributed by atoms with E-state index in [1.54, 1.807) is 6.92 Å². The number of amides is 1. The highest BCUT2D eigenvalue weighted by atomic mass is 35.5. The number of carbonyl (C=O) groups excluding carboxylic acids is 2. The van der Waals surface area contributed by atoms with E-state index in [-0.39, 0.29) is 18.3 Å².